The Kier molecular flexibility index (Phi) is 3.35. The van der Waals surface area contributed by atoms with Gasteiger partial charge in [0.25, 0.3) is 0 Å². The van der Waals surface area contributed by atoms with Gasteiger partial charge in [0.1, 0.15) is 5.82 Å². The van der Waals surface area contributed by atoms with Crippen molar-refractivity contribution in [2.24, 2.45) is 0 Å². The van der Waals surface area contributed by atoms with Crippen molar-refractivity contribution in [3.8, 4) is 0 Å². The Bertz CT molecular complexity index is 607. The number of anilines is 2. The molecular formula is C17H19FN2. The molecule has 2 aromatic rings. The van der Waals surface area contributed by atoms with E-state index in [1.807, 2.05) is 24.3 Å². The monoisotopic (exact) mass is 270 g/mol. The van der Waals surface area contributed by atoms with E-state index in [1.165, 1.54) is 23.4 Å². The van der Waals surface area contributed by atoms with Gasteiger partial charge in [0.15, 0.2) is 0 Å². The number of nitrogens with two attached hydrogens (primary N) is 1. The van der Waals surface area contributed by atoms with E-state index in [4.69, 9.17) is 5.73 Å². The van der Waals surface area contributed by atoms with Crippen LogP contribution in [-0.4, -0.2) is 6.54 Å². The molecule has 0 saturated heterocycles. The van der Waals surface area contributed by atoms with Crippen molar-refractivity contribution in [2.45, 2.75) is 25.8 Å². The lowest BCUT2D eigenvalue weighted by atomic mass is 9.96. The minimum atomic E-state index is -0.191. The van der Waals surface area contributed by atoms with E-state index in [1.54, 1.807) is 0 Å². The normalized spacial score (nSPS) is 15.8. The van der Waals surface area contributed by atoms with E-state index in [9.17, 15) is 4.39 Å². The SMILES string of the molecule is CC(c1ccc(F)cc1)N1CCCc2c(N)cccc21. The van der Waals surface area contributed by atoms with Gasteiger partial charge in [0.05, 0.1) is 6.04 Å². The predicted molar refractivity (Wildman–Crippen MR) is 81.3 cm³/mol. The molecule has 0 bridgehead atoms. The van der Waals surface area contributed by atoms with Crippen LogP contribution in [-0.2, 0) is 6.42 Å². The van der Waals surface area contributed by atoms with Crippen LogP contribution in [0.2, 0.25) is 0 Å². The number of rotatable bonds is 2. The molecule has 0 fully saturated rings. The Morgan fingerprint density at radius 1 is 1.15 bits per heavy atom. The summed E-state index contributed by atoms with van der Waals surface area (Å²) in [5.74, 6) is -0.191. The zero-order valence-electron chi connectivity index (χ0n) is 11.6. The number of hydrogen-bond acceptors (Lipinski definition) is 2. The highest BCUT2D eigenvalue weighted by atomic mass is 19.1. The van der Waals surface area contributed by atoms with E-state index in [2.05, 4.69) is 17.9 Å². The maximum absolute atomic E-state index is 13.1. The second kappa shape index (κ2) is 5.16. The van der Waals surface area contributed by atoms with Crippen molar-refractivity contribution < 1.29 is 4.39 Å². The first-order valence-electron chi connectivity index (χ1n) is 7.06. The first-order chi connectivity index (χ1) is 9.66. The fourth-order valence-corrected chi connectivity index (χ4v) is 3.00. The van der Waals surface area contributed by atoms with Crippen LogP contribution >= 0.6 is 0 Å². The van der Waals surface area contributed by atoms with Crippen LogP contribution in [0.25, 0.3) is 0 Å². The van der Waals surface area contributed by atoms with Gasteiger partial charge >= 0.3 is 0 Å². The van der Waals surface area contributed by atoms with Gasteiger partial charge in [0.2, 0.25) is 0 Å². The van der Waals surface area contributed by atoms with E-state index in [0.717, 1.165) is 30.6 Å². The number of benzene rings is 2. The fourth-order valence-electron chi connectivity index (χ4n) is 3.00. The summed E-state index contributed by atoms with van der Waals surface area (Å²) in [6.45, 7) is 3.17. The van der Waals surface area contributed by atoms with Gasteiger partial charge in [0, 0.05) is 17.9 Å². The summed E-state index contributed by atoms with van der Waals surface area (Å²) < 4.78 is 13.1. The zero-order chi connectivity index (χ0) is 14.1. The topological polar surface area (TPSA) is 29.3 Å². The molecule has 2 nitrogen and oxygen atoms in total. The van der Waals surface area contributed by atoms with Crippen LogP contribution < -0.4 is 10.6 Å². The third kappa shape index (κ3) is 2.24. The fraction of sp³-hybridized carbons (Fsp3) is 0.294. The third-order valence-electron chi connectivity index (χ3n) is 4.14. The van der Waals surface area contributed by atoms with Gasteiger partial charge in [-0.3, -0.25) is 0 Å². The summed E-state index contributed by atoms with van der Waals surface area (Å²) in [7, 11) is 0. The van der Waals surface area contributed by atoms with Gasteiger partial charge in [-0.1, -0.05) is 18.2 Å². The average molecular weight is 270 g/mol. The van der Waals surface area contributed by atoms with Crippen LogP contribution in [0.15, 0.2) is 42.5 Å². The minimum absolute atomic E-state index is 0.191. The molecule has 0 spiro atoms. The quantitative estimate of drug-likeness (QED) is 0.838. The molecule has 3 heteroatoms. The second-order valence-corrected chi connectivity index (χ2v) is 5.37. The van der Waals surface area contributed by atoms with Gasteiger partial charge in [-0.15, -0.1) is 0 Å². The van der Waals surface area contributed by atoms with Gasteiger partial charge in [-0.25, -0.2) is 4.39 Å². The maximum Gasteiger partial charge on any atom is 0.123 e. The van der Waals surface area contributed by atoms with Crippen LogP contribution in [0.3, 0.4) is 0 Å². The maximum atomic E-state index is 13.1. The molecular weight excluding hydrogens is 251 g/mol. The summed E-state index contributed by atoms with van der Waals surface area (Å²) in [6, 6.07) is 13.1. The Balaban J connectivity index is 1.96. The summed E-state index contributed by atoms with van der Waals surface area (Å²) in [6.07, 6.45) is 2.14. The van der Waals surface area contributed by atoms with Crippen molar-refractivity contribution in [3.63, 3.8) is 0 Å². The van der Waals surface area contributed by atoms with Crippen LogP contribution in [0.1, 0.15) is 30.5 Å². The van der Waals surface area contributed by atoms with Crippen molar-refractivity contribution in [1.29, 1.82) is 0 Å². The Morgan fingerprint density at radius 2 is 1.90 bits per heavy atom. The molecule has 20 heavy (non-hydrogen) atoms. The van der Waals surface area contributed by atoms with Crippen LogP contribution in [0.4, 0.5) is 15.8 Å². The smallest absolute Gasteiger partial charge is 0.123 e. The van der Waals surface area contributed by atoms with E-state index in [-0.39, 0.29) is 11.9 Å². The molecule has 0 aromatic heterocycles. The highest BCUT2D eigenvalue weighted by molar-refractivity contribution is 5.66. The van der Waals surface area contributed by atoms with Crippen molar-refractivity contribution in [3.05, 3.63) is 59.4 Å². The molecule has 1 heterocycles. The third-order valence-corrected chi connectivity index (χ3v) is 4.14. The molecule has 1 aliphatic rings. The van der Waals surface area contributed by atoms with Gasteiger partial charge in [-0.2, -0.15) is 0 Å². The minimum Gasteiger partial charge on any atom is -0.398 e. The highest BCUT2D eigenvalue weighted by Crippen LogP contribution is 2.36. The average Bonchev–Trinajstić information content (AvgIpc) is 2.47. The molecule has 3 rings (SSSR count). The number of halogens is 1. The van der Waals surface area contributed by atoms with E-state index >= 15 is 0 Å². The molecule has 2 N–H and O–H groups in total. The largest absolute Gasteiger partial charge is 0.398 e. The Labute approximate surface area is 119 Å². The summed E-state index contributed by atoms with van der Waals surface area (Å²) in [5.41, 5.74) is 10.5. The van der Waals surface area contributed by atoms with Crippen molar-refractivity contribution >= 4 is 11.4 Å². The zero-order valence-corrected chi connectivity index (χ0v) is 11.6. The van der Waals surface area contributed by atoms with Crippen LogP contribution in [0.5, 0.6) is 0 Å². The molecule has 1 atom stereocenters. The second-order valence-electron chi connectivity index (χ2n) is 5.37. The van der Waals surface area contributed by atoms with E-state index in [0.29, 0.717) is 0 Å². The highest BCUT2D eigenvalue weighted by Gasteiger charge is 2.23. The molecule has 104 valence electrons. The number of nitrogens with zero attached hydrogens (tertiary/aromatic N) is 1. The summed E-state index contributed by atoms with van der Waals surface area (Å²) >= 11 is 0. The molecule has 1 unspecified atom stereocenters. The summed E-state index contributed by atoms with van der Waals surface area (Å²) in [4.78, 5) is 2.36. The van der Waals surface area contributed by atoms with Gasteiger partial charge in [-0.05, 0) is 55.2 Å². The number of nitrogen functional groups attached to an aromatic ring is 1. The standard InChI is InChI=1S/C17H19FN2/c1-12(13-7-9-14(18)10-8-13)20-11-3-4-15-16(19)5-2-6-17(15)20/h2,5-10,12H,3-4,11,19H2,1H3. The molecule has 0 amide bonds. The van der Waals surface area contributed by atoms with Crippen molar-refractivity contribution in [2.75, 3.05) is 17.2 Å². The van der Waals surface area contributed by atoms with Crippen molar-refractivity contribution in [1.82, 2.24) is 0 Å². The first-order valence-corrected chi connectivity index (χ1v) is 7.06. The molecule has 0 radical (unpaired) electrons. The lowest BCUT2D eigenvalue weighted by molar-refractivity contribution is 0.608. The summed E-state index contributed by atoms with van der Waals surface area (Å²) in [5, 5.41) is 0. The van der Waals surface area contributed by atoms with E-state index < -0.39 is 0 Å². The molecule has 0 aliphatic carbocycles. The lowest BCUT2D eigenvalue weighted by Gasteiger charge is -2.37. The molecule has 1 aliphatic heterocycles. The lowest BCUT2D eigenvalue weighted by Crippen LogP contribution is -2.32. The Morgan fingerprint density at radius 3 is 2.65 bits per heavy atom. The number of fused-ring (bicyclic) bond motifs is 1. The molecule has 2 aromatic carbocycles. The Hall–Kier alpha value is -2.03. The molecule has 0 saturated carbocycles. The van der Waals surface area contributed by atoms with Crippen LogP contribution in [0, 0.1) is 5.82 Å². The number of hydrogen-bond donors (Lipinski definition) is 1. The predicted octanol–water partition coefficient (Wildman–Crippen LogP) is 3.92. The van der Waals surface area contributed by atoms with Gasteiger partial charge < -0.3 is 10.6 Å². The first kappa shape index (κ1) is 13.0.